The molecular weight excluding hydrogens is 310 g/mol. The van der Waals surface area contributed by atoms with Crippen molar-refractivity contribution in [3.05, 3.63) is 68.2 Å². The van der Waals surface area contributed by atoms with Crippen LogP contribution >= 0.6 is 15.9 Å². The van der Waals surface area contributed by atoms with Crippen LogP contribution in [0.1, 0.15) is 11.1 Å². The molecule has 0 N–H and O–H groups in total. The Hall–Kier alpha value is -1.88. The predicted molar refractivity (Wildman–Crippen MR) is 76.6 cm³/mol. The summed E-state index contributed by atoms with van der Waals surface area (Å²) >= 11 is 3.44. The number of hydrogen-bond acceptors (Lipinski definition) is 3. The maximum absolute atomic E-state index is 10.6. The summed E-state index contributed by atoms with van der Waals surface area (Å²) in [6, 6.07) is 12.4. The lowest BCUT2D eigenvalue weighted by molar-refractivity contribution is -0.384. The van der Waals surface area contributed by atoms with E-state index in [1.54, 1.807) is 19.2 Å². The molecule has 0 saturated heterocycles. The lowest BCUT2D eigenvalue weighted by Gasteiger charge is -2.06. The maximum atomic E-state index is 10.6. The third-order valence-electron chi connectivity index (χ3n) is 2.77. The largest absolute Gasteiger partial charge is 0.496 e. The second-order valence-corrected chi connectivity index (χ2v) is 4.92. The number of halogens is 1. The molecule has 0 aliphatic rings. The molecule has 4 nitrogen and oxygen atoms in total. The Morgan fingerprint density at radius 1 is 1.16 bits per heavy atom. The first-order valence-corrected chi connectivity index (χ1v) is 6.45. The van der Waals surface area contributed by atoms with E-state index < -0.39 is 4.92 Å². The lowest BCUT2D eigenvalue weighted by Crippen LogP contribution is -1.92. The second kappa shape index (κ2) is 5.84. The number of benzene rings is 2. The molecule has 2 aromatic carbocycles. The van der Waals surface area contributed by atoms with Gasteiger partial charge in [0.15, 0.2) is 0 Å². The summed E-state index contributed by atoms with van der Waals surface area (Å²) in [5.74, 6) is 0.785. The first-order chi connectivity index (χ1) is 9.10. The van der Waals surface area contributed by atoms with E-state index >= 15 is 0 Å². The van der Waals surface area contributed by atoms with E-state index in [0.29, 0.717) is 0 Å². The first kappa shape index (κ1) is 13.5. The van der Waals surface area contributed by atoms with Gasteiger partial charge in [0.1, 0.15) is 5.75 Å². The fourth-order valence-electron chi connectivity index (χ4n) is 1.79. The molecule has 0 saturated carbocycles. The van der Waals surface area contributed by atoms with Crippen LogP contribution in [-0.2, 0) is 6.42 Å². The smallest absolute Gasteiger partial charge is 0.269 e. The molecule has 0 heterocycles. The molecule has 0 unspecified atom stereocenters. The van der Waals surface area contributed by atoms with E-state index in [4.69, 9.17) is 4.74 Å². The molecule has 0 fully saturated rings. The zero-order valence-electron chi connectivity index (χ0n) is 10.3. The van der Waals surface area contributed by atoms with Crippen LogP contribution in [-0.4, -0.2) is 12.0 Å². The lowest BCUT2D eigenvalue weighted by atomic mass is 10.0. The van der Waals surface area contributed by atoms with Gasteiger partial charge in [0.05, 0.1) is 16.5 Å². The number of methoxy groups -OCH3 is 1. The minimum Gasteiger partial charge on any atom is -0.496 e. The predicted octanol–water partition coefficient (Wildman–Crippen LogP) is 3.96. The fraction of sp³-hybridized carbons (Fsp3) is 0.143. The van der Waals surface area contributed by atoms with Crippen LogP contribution in [0, 0.1) is 10.1 Å². The standard InChI is InChI=1S/C14H12BrNO3/c1-19-14-7-4-11(9-13(14)15)8-10-2-5-12(6-3-10)16(17)18/h2-7,9H,8H2,1H3. The number of rotatable bonds is 4. The van der Waals surface area contributed by atoms with Crippen LogP contribution < -0.4 is 4.74 Å². The van der Waals surface area contributed by atoms with Crippen LogP contribution in [0.2, 0.25) is 0 Å². The van der Waals surface area contributed by atoms with Gasteiger partial charge in [0.2, 0.25) is 0 Å². The van der Waals surface area contributed by atoms with Gasteiger partial charge < -0.3 is 4.74 Å². The zero-order valence-corrected chi connectivity index (χ0v) is 11.9. The molecule has 0 radical (unpaired) electrons. The maximum Gasteiger partial charge on any atom is 0.269 e. The van der Waals surface area contributed by atoms with Crippen molar-refractivity contribution in [3.8, 4) is 5.75 Å². The number of nitro groups is 1. The summed E-state index contributed by atoms with van der Waals surface area (Å²) in [5.41, 5.74) is 2.25. The normalized spacial score (nSPS) is 10.2. The highest BCUT2D eigenvalue weighted by Crippen LogP contribution is 2.26. The van der Waals surface area contributed by atoms with Gasteiger partial charge >= 0.3 is 0 Å². The molecule has 2 aromatic rings. The third-order valence-corrected chi connectivity index (χ3v) is 3.39. The average molecular weight is 322 g/mol. The molecule has 2 rings (SSSR count). The Kier molecular flexibility index (Phi) is 4.16. The van der Waals surface area contributed by atoms with Crippen molar-refractivity contribution in [2.45, 2.75) is 6.42 Å². The summed E-state index contributed by atoms with van der Waals surface area (Å²) < 4.78 is 6.07. The summed E-state index contributed by atoms with van der Waals surface area (Å²) in [6.45, 7) is 0. The highest BCUT2D eigenvalue weighted by molar-refractivity contribution is 9.10. The Morgan fingerprint density at radius 2 is 1.79 bits per heavy atom. The van der Waals surface area contributed by atoms with Gasteiger partial charge in [0, 0.05) is 12.1 Å². The van der Waals surface area contributed by atoms with Crippen molar-refractivity contribution in [1.82, 2.24) is 0 Å². The van der Waals surface area contributed by atoms with Crippen molar-refractivity contribution in [3.63, 3.8) is 0 Å². The number of hydrogen-bond donors (Lipinski definition) is 0. The van der Waals surface area contributed by atoms with E-state index in [1.807, 2.05) is 18.2 Å². The van der Waals surface area contributed by atoms with E-state index in [9.17, 15) is 10.1 Å². The Morgan fingerprint density at radius 3 is 2.32 bits per heavy atom. The van der Waals surface area contributed by atoms with Crippen molar-refractivity contribution < 1.29 is 9.66 Å². The third kappa shape index (κ3) is 3.32. The van der Waals surface area contributed by atoms with Gasteiger partial charge in [-0.1, -0.05) is 18.2 Å². The van der Waals surface area contributed by atoms with Crippen LogP contribution in [0.4, 0.5) is 5.69 Å². The second-order valence-electron chi connectivity index (χ2n) is 4.07. The van der Waals surface area contributed by atoms with Gasteiger partial charge in [-0.2, -0.15) is 0 Å². The topological polar surface area (TPSA) is 52.4 Å². The van der Waals surface area contributed by atoms with E-state index in [1.165, 1.54) is 12.1 Å². The zero-order chi connectivity index (χ0) is 13.8. The van der Waals surface area contributed by atoms with Crippen LogP contribution in [0.5, 0.6) is 5.75 Å². The van der Waals surface area contributed by atoms with Crippen molar-refractivity contribution >= 4 is 21.6 Å². The summed E-state index contributed by atoms with van der Waals surface area (Å²) in [6.07, 6.45) is 0.723. The quantitative estimate of drug-likeness (QED) is 0.632. The highest BCUT2D eigenvalue weighted by atomic mass is 79.9. The molecule has 19 heavy (non-hydrogen) atoms. The molecule has 5 heteroatoms. The van der Waals surface area contributed by atoms with Crippen LogP contribution in [0.15, 0.2) is 46.9 Å². The minimum absolute atomic E-state index is 0.111. The summed E-state index contributed by atoms with van der Waals surface area (Å²) in [4.78, 5) is 10.2. The first-order valence-electron chi connectivity index (χ1n) is 5.66. The molecule has 0 bridgehead atoms. The molecular formula is C14H12BrNO3. The highest BCUT2D eigenvalue weighted by Gasteiger charge is 2.06. The fourth-order valence-corrected chi connectivity index (χ4v) is 2.38. The van der Waals surface area contributed by atoms with E-state index in [0.717, 1.165) is 27.8 Å². The van der Waals surface area contributed by atoms with Gasteiger partial charge in [-0.05, 0) is 45.6 Å². The number of nitro benzene ring substituents is 1. The molecule has 98 valence electrons. The Bertz CT molecular complexity index is 596. The van der Waals surface area contributed by atoms with E-state index in [-0.39, 0.29) is 5.69 Å². The Labute approximate surface area is 119 Å². The summed E-state index contributed by atoms with van der Waals surface area (Å²) in [5, 5.41) is 10.6. The van der Waals surface area contributed by atoms with Crippen LogP contribution in [0.3, 0.4) is 0 Å². The number of nitrogens with zero attached hydrogens (tertiary/aromatic N) is 1. The van der Waals surface area contributed by atoms with Gasteiger partial charge in [-0.25, -0.2) is 0 Å². The molecule has 0 atom stereocenters. The monoisotopic (exact) mass is 321 g/mol. The van der Waals surface area contributed by atoms with Gasteiger partial charge in [-0.3, -0.25) is 10.1 Å². The van der Waals surface area contributed by atoms with Crippen molar-refractivity contribution in [1.29, 1.82) is 0 Å². The molecule has 0 aliphatic carbocycles. The van der Waals surface area contributed by atoms with Crippen molar-refractivity contribution in [2.75, 3.05) is 7.11 Å². The van der Waals surface area contributed by atoms with Gasteiger partial charge in [0.25, 0.3) is 5.69 Å². The van der Waals surface area contributed by atoms with Crippen molar-refractivity contribution in [2.24, 2.45) is 0 Å². The summed E-state index contributed by atoms with van der Waals surface area (Å²) in [7, 11) is 1.62. The average Bonchev–Trinajstić information content (AvgIpc) is 2.39. The number of ether oxygens (including phenoxy) is 1. The molecule has 0 aliphatic heterocycles. The molecule has 0 spiro atoms. The SMILES string of the molecule is COc1ccc(Cc2ccc([N+](=O)[O-])cc2)cc1Br. The molecule has 0 aromatic heterocycles. The van der Waals surface area contributed by atoms with E-state index in [2.05, 4.69) is 15.9 Å². The number of non-ortho nitro benzene ring substituents is 1. The van der Waals surface area contributed by atoms with Crippen LogP contribution in [0.25, 0.3) is 0 Å². The molecule has 0 amide bonds. The van der Waals surface area contributed by atoms with Gasteiger partial charge in [-0.15, -0.1) is 0 Å². The minimum atomic E-state index is -0.395. The Balaban J connectivity index is 2.16.